The summed E-state index contributed by atoms with van der Waals surface area (Å²) in [5.41, 5.74) is 1.14. The van der Waals surface area contributed by atoms with Crippen molar-refractivity contribution in [3.8, 4) is 28.6 Å². The van der Waals surface area contributed by atoms with Crippen LogP contribution in [0.5, 0.6) is 11.5 Å². The van der Waals surface area contributed by atoms with E-state index in [1.165, 1.54) is 16.7 Å². The molecule has 11 heteroatoms. The van der Waals surface area contributed by atoms with Crippen molar-refractivity contribution in [3.05, 3.63) is 57.8 Å². The average molecular weight is 567 g/mol. The Labute approximate surface area is 239 Å². The summed E-state index contributed by atoms with van der Waals surface area (Å²) in [6, 6.07) is 7.53. The summed E-state index contributed by atoms with van der Waals surface area (Å²) in [7, 11) is 0. The lowest BCUT2D eigenvalue weighted by atomic mass is 9.96. The van der Waals surface area contributed by atoms with Crippen LogP contribution in [0, 0.1) is 11.7 Å². The van der Waals surface area contributed by atoms with Gasteiger partial charge in [0.25, 0.3) is 0 Å². The van der Waals surface area contributed by atoms with Crippen LogP contribution >= 0.6 is 0 Å². The highest BCUT2D eigenvalue weighted by molar-refractivity contribution is 5.73. The number of aromatic nitrogens is 3. The van der Waals surface area contributed by atoms with Gasteiger partial charge in [0.1, 0.15) is 17.3 Å². The van der Waals surface area contributed by atoms with Crippen molar-refractivity contribution < 1.29 is 19.4 Å². The largest absolute Gasteiger partial charge is 0.508 e. The Balaban J connectivity index is 1.24. The third-order valence-corrected chi connectivity index (χ3v) is 8.41. The first-order chi connectivity index (χ1) is 19.6. The minimum absolute atomic E-state index is 0.0296. The Morgan fingerprint density at radius 1 is 1.02 bits per heavy atom. The van der Waals surface area contributed by atoms with E-state index < -0.39 is 11.5 Å². The first-order valence-electron chi connectivity index (χ1n) is 14.3. The molecule has 10 nitrogen and oxygen atoms in total. The predicted octanol–water partition coefficient (Wildman–Crippen LogP) is 3.28. The summed E-state index contributed by atoms with van der Waals surface area (Å²) in [4.78, 5) is 30.9. The maximum absolute atomic E-state index is 15.3. The number of rotatable bonds is 7. The van der Waals surface area contributed by atoms with Gasteiger partial charge < -0.3 is 20.0 Å². The van der Waals surface area contributed by atoms with Gasteiger partial charge in [0.05, 0.1) is 11.3 Å². The highest BCUT2D eigenvalue weighted by Gasteiger charge is 2.25. The maximum Gasteiger partial charge on any atom is 0.348 e. The van der Waals surface area contributed by atoms with Crippen LogP contribution < -0.4 is 5.69 Å². The molecule has 41 heavy (non-hydrogen) atoms. The maximum atomic E-state index is 15.3. The molecule has 2 fully saturated rings. The second kappa shape index (κ2) is 12.0. The van der Waals surface area contributed by atoms with Crippen LogP contribution in [-0.2, 0) is 11.3 Å². The topological polar surface area (TPSA) is 118 Å². The lowest BCUT2D eigenvalue weighted by molar-refractivity contribution is -0.130. The molecule has 2 aliphatic heterocycles. The van der Waals surface area contributed by atoms with Gasteiger partial charge in [0.2, 0.25) is 5.91 Å². The Hall–Kier alpha value is -3.70. The first-order valence-corrected chi connectivity index (χ1v) is 14.3. The Morgan fingerprint density at radius 2 is 1.71 bits per heavy atom. The summed E-state index contributed by atoms with van der Waals surface area (Å²) >= 11 is 0. The summed E-state index contributed by atoms with van der Waals surface area (Å²) < 4.78 is 16.6. The monoisotopic (exact) mass is 566 g/mol. The number of nitrogens with zero attached hydrogens (tertiary/aromatic N) is 5. The lowest BCUT2D eigenvalue weighted by Gasteiger charge is -2.38. The molecule has 0 atom stereocenters. The van der Waals surface area contributed by atoms with Gasteiger partial charge in [-0.1, -0.05) is 19.9 Å². The fourth-order valence-electron chi connectivity index (χ4n) is 5.92. The number of piperidine rings is 1. The SMILES string of the molecule is CC(=O)N1CCC(CN2CCN(Cc3ccc(-n4c(-c5cc(C(C)C)c(O)cc5O)n[nH]c4=O)cc3F)CC2)CC1. The normalized spacial score (nSPS) is 17.4. The van der Waals surface area contributed by atoms with Crippen LogP contribution in [0.15, 0.2) is 35.1 Å². The number of benzene rings is 2. The number of carbonyl (C=O) groups excluding carboxylic acids is 1. The zero-order valence-corrected chi connectivity index (χ0v) is 23.9. The van der Waals surface area contributed by atoms with E-state index in [2.05, 4.69) is 20.0 Å². The molecule has 0 bridgehead atoms. The van der Waals surface area contributed by atoms with Crippen molar-refractivity contribution in [2.24, 2.45) is 5.92 Å². The van der Waals surface area contributed by atoms with E-state index >= 15 is 4.39 Å². The van der Waals surface area contributed by atoms with E-state index in [-0.39, 0.29) is 34.7 Å². The summed E-state index contributed by atoms with van der Waals surface area (Å²) in [6.45, 7) is 12.2. The molecule has 0 unspecified atom stereocenters. The van der Waals surface area contributed by atoms with Crippen LogP contribution in [0.3, 0.4) is 0 Å². The fraction of sp³-hybridized carbons (Fsp3) is 0.500. The van der Waals surface area contributed by atoms with Gasteiger partial charge in [-0.3, -0.25) is 9.69 Å². The van der Waals surface area contributed by atoms with E-state index in [1.807, 2.05) is 18.7 Å². The highest BCUT2D eigenvalue weighted by Crippen LogP contribution is 2.37. The quantitative estimate of drug-likeness (QED) is 0.402. The van der Waals surface area contributed by atoms with Gasteiger partial charge in [0.15, 0.2) is 5.82 Å². The molecular formula is C30H39FN6O4. The summed E-state index contributed by atoms with van der Waals surface area (Å²) in [5, 5.41) is 27.2. The van der Waals surface area contributed by atoms with Crippen LogP contribution in [0.2, 0.25) is 0 Å². The number of hydrogen-bond donors (Lipinski definition) is 3. The molecule has 3 N–H and O–H groups in total. The van der Waals surface area contributed by atoms with Gasteiger partial charge >= 0.3 is 5.69 Å². The fourth-order valence-corrected chi connectivity index (χ4v) is 5.92. The number of nitrogens with one attached hydrogen (secondary N) is 1. The molecule has 2 aliphatic rings. The van der Waals surface area contributed by atoms with E-state index in [1.54, 1.807) is 25.1 Å². The second-order valence-electron chi connectivity index (χ2n) is 11.6. The van der Waals surface area contributed by atoms with Gasteiger partial charge in [0, 0.05) is 70.9 Å². The molecule has 1 aromatic heterocycles. The number of aromatic hydroxyl groups is 2. The number of H-pyrrole nitrogens is 1. The number of phenols is 2. The Kier molecular flexibility index (Phi) is 8.46. The van der Waals surface area contributed by atoms with Crippen molar-refractivity contribution in [1.29, 1.82) is 0 Å². The predicted molar refractivity (Wildman–Crippen MR) is 154 cm³/mol. The molecule has 220 valence electrons. The van der Waals surface area contributed by atoms with Crippen molar-refractivity contribution in [2.75, 3.05) is 45.8 Å². The van der Waals surface area contributed by atoms with E-state index in [0.29, 0.717) is 29.3 Å². The third kappa shape index (κ3) is 6.31. The number of carbonyl (C=O) groups is 1. The van der Waals surface area contributed by atoms with Crippen molar-refractivity contribution in [2.45, 2.75) is 46.1 Å². The van der Waals surface area contributed by atoms with Gasteiger partial charge in [-0.25, -0.2) is 18.9 Å². The highest BCUT2D eigenvalue weighted by atomic mass is 19.1. The van der Waals surface area contributed by atoms with Crippen LogP contribution in [0.1, 0.15) is 50.7 Å². The minimum Gasteiger partial charge on any atom is -0.508 e. The molecule has 3 heterocycles. The number of amides is 1. The standard InChI is InChI=1S/C30H39FN6O4/c1-19(2)24-15-25(28(40)16-27(24)39)29-32-33-30(41)37(29)23-5-4-22(26(31)14-23)18-35-12-10-34(11-13-35)17-21-6-8-36(9-7-21)20(3)38/h4-5,14-16,19,21,39-40H,6-13,17-18H2,1-3H3,(H,33,41). The number of piperazine rings is 1. The molecule has 3 aromatic rings. The average Bonchev–Trinajstić information content (AvgIpc) is 3.32. The number of likely N-dealkylation sites (tertiary alicyclic amines) is 1. The van der Waals surface area contributed by atoms with Gasteiger partial charge in [-0.15, -0.1) is 0 Å². The lowest BCUT2D eigenvalue weighted by Crippen LogP contribution is -2.48. The number of hydrogen-bond acceptors (Lipinski definition) is 7. The number of halogens is 1. The zero-order valence-electron chi connectivity index (χ0n) is 23.9. The minimum atomic E-state index is -0.561. The van der Waals surface area contributed by atoms with Gasteiger partial charge in [-0.2, -0.15) is 5.10 Å². The number of aromatic amines is 1. The molecule has 2 aromatic carbocycles. The molecule has 2 saturated heterocycles. The number of phenolic OH excluding ortho intramolecular Hbond substituents is 2. The third-order valence-electron chi connectivity index (χ3n) is 8.41. The smallest absolute Gasteiger partial charge is 0.348 e. The van der Waals surface area contributed by atoms with Crippen molar-refractivity contribution >= 4 is 5.91 Å². The zero-order chi connectivity index (χ0) is 29.3. The summed E-state index contributed by atoms with van der Waals surface area (Å²) in [6.07, 6.45) is 2.09. The summed E-state index contributed by atoms with van der Waals surface area (Å²) in [5.74, 6) is 0.175. The van der Waals surface area contributed by atoms with Crippen molar-refractivity contribution in [3.63, 3.8) is 0 Å². The van der Waals surface area contributed by atoms with Crippen LogP contribution in [-0.4, -0.2) is 91.4 Å². The van der Waals surface area contributed by atoms with Crippen molar-refractivity contribution in [1.82, 2.24) is 29.5 Å². The Bertz CT molecular complexity index is 1450. The molecule has 1 amide bonds. The molecule has 5 rings (SSSR count). The second-order valence-corrected chi connectivity index (χ2v) is 11.6. The van der Waals surface area contributed by atoms with Gasteiger partial charge in [-0.05, 0) is 48.4 Å². The molecule has 0 saturated carbocycles. The molecule has 0 spiro atoms. The van der Waals surface area contributed by atoms with E-state index in [9.17, 15) is 19.8 Å². The molecule has 0 aliphatic carbocycles. The van der Waals surface area contributed by atoms with Crippen LogP contribution in [0.4, 0.5) is 4.39 Å². The van der Waals surface area contributed by atoms with E-state index in [0.717, 1.165) is 58.7 Å². The first kappa shape index (κ1) is 28.8. The van der Waals surface area contributed by atoms with E-state index in [4.69, 9.17) is 0 Å². The Morgan fingerprint density at radius 3 is 2.34 bits per heavy atom. The van der Waals surface area contributed by atoms with Crippen LogP contribution in [0.25, 0.3) is 17.1 Å². The molecule has 0 radical (unpaired) electrons. The molecular weight excluding hydrogens is 527 g/mol.